The maximum Gasteiger partial charge on any atom is 0.416 e. The van der Waals surface area contributed by atoms with Gasteiger partial charge in [-0.15, -0.1) is 0 Å². The Bertz CT molecular complexity index is 968. The summed E-state index contributed by atoms with van der Waals surface area (Å²) in [6.07, 6.45) is 3.05. The van der Waals surface area contributed by atoms with Gasteiger partial charge in [0.1, 0.15) is 5.82 Å². The number of rotatable bonds is 5. The quantitative estimate of drug-likeness (QED) is 0.533. The van der Waals surface area contributed by atoms with Gasteiger partial charge < -0.3 is 10.6 Å². The number of pyridine rings is 1. The number of aromatic nitrogens is 3. The van der Waals surface area contributed by atoms with Crippen LogP contribution in [0, 0.1) is 0 Å². The Morgan fingerprint density at radius 1 is 0.867 bits per heavy atom. The van der Waals surface area contributed by atoms with Gasteiger partial charge in [0.05, 0.1) is 17.0 Å². The van der Waals surface area contributed by atoms with Gasteiger partial charge in [0, 0.05) is 24.0 Å². The molecule has 2 N–H and O–H groups in total. The van der Waals surface area contributed by atoms with Crippen molar-refractivity contribution in [1.29, 1.82) is 0 Å². The van der Waals surface area contributed by atoms with E-state index < -0.39 is 11.7 Å². The lowest BCUT2D eigenvalue weighted by atomic mass is 9.96. The normalized spacial score (nSPS) is 15.0. The first-order valence-corrected chi connectivity index (χ1v) is 9.99. The van der Waals surface area contributed by atoms with Crippen LogP contribution in [0.2, 0.25) is 0 Å². The highest BCUT2D eigenvalue weighted by Gasteiger charge is 2.30. The number of nitrogens with zero attached hydrogens (tertiary/aromatic N) is 3. The topological polar surface area (TPSA) is 62.7 Å². The summed E-state index contributed by atoms with van der Waals surface area (Å²) in [5.41, 5.74) is 1.15. The summed E-state index contributed by atoms with van der Waals surface area (Å²) in [5.74, 6) is 0.975. The van der Waals surface area contributed by atoms with E-state index in [9.17, 15) is 13.2 Å². The first-order chi connectivity index (χ1) is 14.5. The van der Waals surface area contributed by atoms with Crippen molar-refractivity contribution in [3.05, 3.63) is 60.3 Å². The first-order valence-electron chi connectivity index (χ1n) is 9.99. The van der Waals surface area contributed by atoms with Crippen molar-refractivity contribution in [3.63, 3.8) is 0 Å². The molecular weight excluding hydrogens is 391 g/mol. The van der Waals surface area contributed by atoms with Crippen LogP contribution in [-0.4, -0.2) is 21.0 Å². The highest BCUT2D eigenvalue weighted by atomic mass is 19.4. The molecule has 0 unspecified atom stereocenters. The second kappa shape index (κ2) is 8.69. The Balaban J connectivity index is 1.61. The number of nitrogens with one attached hydrogen (secondary N) is 2. The van der Waals surface area contributed by atoms with E-state index in [1.807, 2.05) is 18.2 Å². The fraction of sp³-hybridized carbons (Fsp3) is 0.318. The third kappa shape index (κ3) is 5.06. The molecule has 3 aromatic rings. The third-order valence-electron chi connectivity index (χ3n) is 5.08. The molecule has 2 heterocycles. The number of anilines is 3. The van der Waals surface area contributed by atoms with E-state index in [0.29, 0.717) is 34.9 Å². The van der Waals surface area contributed by atoms with Crippen LogP contribution in [0.4, 0.5) is 30.6 Å². The van der Waals surface area contributed by atoms with E-state index in [4.69, 9.17) is 0 Å². The van der Waals surface area contributed by atoms with Crippen molar-refractivity contribution < 1.29 is 13.2 Å². The molecule has 0 aliphatic heterocycles. The van der Waals surface area contributed by atoms with Crippen LogP contribution in [-0.2, 0) is 6.18 Å². The summed E-state index contributed by atoms with van der Waals surface area (Å²) in [7, 11) is 0. The number of hydrogen-bond donors (Lipinski definition) is 2. The van der Waals surface area contributed by atoms with Crippen molar-refractivity contribution in [1.82, 2.24) is 15.0 Å². The lowest BCUT2D eigenvalue weighted by Gasteiger charge is -2.23. The fourth-order valence-electron chi connectivity index (χ4n) is 3.54. The van der Waals surface area contributed by atoms with Gasteiger partial charge in [0.25, 0.3) is 0 Å². The van der Waals surface area contributed by atoms with Crippen molar-refractivity contribution in [2.75, 3.05) is 10.6 Å². The first kappa shape index (κ1) is 20.1. The standard InChI is InChI=1S/C22H22F3N5/c23-22(24,25)15-9-11-17(12-10-15)27-20-14-19(18-8-4-5-13-26-18)29-21(30-20)28-16-6-2-1-3-7-16/h4-5,8-14,16H,1-3,6-7H2,(H2,27,28,29,30). The van der Waals surface area contributed by atoms with Crippen LogP contribution in [0.25, 0.3) is 11.4 Å². The molecule has 4 rings (SSSR count). The molecule has 0 bridgehead atoms. The predicted octanol–water partition coefficient (Wildman–Crippen LogP) is 6.05. The maximum atomic E-state index is 12.8. The van der Waals surface area contributed by atoms with Crippen molar-refractivity contribution in [3.8, 4) is 11.4 Å². The zero-order valence-corrected chi connectivity index (χ0v) is 16.3. The Kier molecular flexibility index (Phi) is 5.83. The van der Waals surface area contributed by atoms with E-state index in [2.05, 4.69) is 25.6 Å². The Morgan fingerprint density at radius 2 is 1.63 bits per heavy atom. The molecule has 156 valence electrons. The second-order valence-electron chi connectivity index (χ2n) is 7.36. The van der Waals surface area contributed by atoms with Crippen LogP contribution >= 0.6 is 0 Å². The average Bonchev–Trinajstić information content (AvgIpc) is 2.75. The highest BCUT2D eigenvalue weighted by Crippen LogP contribution is 2.31. The smallest absolute Gasteiger partial charge is 0.351 e. The van der Waals surface area contributed by atoms with Crippen molar-refractivity contribution >= 4 is 17.5 Å². The largest absolute Gasteiger partial charge is 0.416 e. The summed E-state index contributed by atoms with van der Waals surface area (Å²) < 4.78 is 38.4. The van der Waals surface area contributed by atoms with Gasteiger partial charge in [0.2, 0.25) is 5.95 Å². The minimum absolute atomic E-state index is 0.316. The zero-order valence-electron chi connectivity index (χ0n) is 16.3. The predicted molar refractivity (Wildman–Crippen MR) is 110 cm³/mol. The summed E-state index contributed by atoms with van der Waals surface area (Å²) in [4.78, 5) is 13.5. The van der Waals surface area contributed by atoms with E-state index in [0.717, 1.165) is 25.0 Å². The molecular formula is C22H22F3N5. The molecule has 1 aliphatic rings. The van der Waals surface area contributed by atoms with Crippen LogP contribution < -0.4 is 10.6 Å². The van der Waals surface area contributed by atoms with Gasteiger partial charge in [-0.05, 0) is 49.2 Å². The number of hydrogen-bond acceptors (Lipinski definition) is 5. The summed E-state index contributed by atoms with van der Waals surface area (Å²) in [5, 5.41) is 6.49. The molecule has 1 saturated carbocycles. The lowest BCUT2D eigenvalue weighted by molar-refractivity contribution is -0.137. The monoisotopic (exact) mass is 413 g/mol. The molecule has 0 radical (unpaired) electrons. The molecule has 5 nitrogen and oxygen atoms in total. The third-order valence-corrected chi connectivity index (χ3v) is 5.08. The summed E-state index contributed by atoms with van der Waals surface area (Å²) >= 11 is 0. The van der Waals surface area contributed by atoms with Gasteiger partial charge in [-0.25, -0.2) is 4.98 Å². The maximum absolute atomic E-state index is 12.8. The molecule has 0 spiro atoms. The van der Waals surface area contributed by atoms with Gasteiger partial charge in [0.15, 0.2) is 0 Å². The van der Waals surface area contributed by atoms with E-state index in [1.165, 1.54) is 31.4 Å². The highest BCUT2D eigenvalue weighted by molar-refractivity contribution is 5.65. The Hall–Kier alpha value is -3.16. The fourth-order valence-corrected chi connectivity index (χ4v) is 3.54. The van der Waals surface area contributed by atoms with Gasteiger partial charge in [-0.2, -0.15) is 18.2 Å². The van der Waals surface area contributed by atoms with Crippen molar-refractivity contribution in [2.45, 2.75) is 44.3 Å². The molecule has 0 atom stereocenters. The molecule has 1 aromatic carbocycles. The van der Waals surface area contributed by atoms with Crippen LogP contribution in [0.1, 0.15) is 37.7 Å². The molecule has 0 saturated heterocycles. The molecule has 8 heteroatoms. The van der Waals surface area contributed by atoms with Crippen LogP contribution in [0.15, 0.2) is 54.7 Å². The van der Waals surface area contributed by atoms with Crippen LogP contribution in [0.5, 0.6) is 0 Å². The van der Waals surface area contributed by atoms with E-state index >= 15 is 0 Å². The molecule has 0 amide bonds. The lowest BCUT2D eigenvalue weighted by Crippen LogP contribution is -2.23. The minimum atomic E-state index is -4.36. The van der Waals surface area contributed by atoms with E-state index in [-0.39, 0.29) is 0 Å². The Labute approximate surface area is 172 Å². The molecule has 2 aromatic heterocycles. The van der Waals surface area contributed by atoms with Gasteiger partial charge in [-0.3, -0.25) is 4.98 Å². The minimum Gasteiger partial charge on any atom is -0.351 e. The second-order valence-corrected chi connectivity index (χ2v) is 7.36. The molecule has 1 aliphatic carbocycles. The molecule has 1 fully saturated rings. The zero-order chi connectivity index (χ0) is 21.0. The number of benzene rings is 1. The van der Waals surface area contributed by atoms with Gasteiger partial charge in [-0.1, -0.05) is 25.3 Å². The summed E-state index contributed by atoms with van der Waals surface area (Å²) in [6.45, 7) is 0. The summed E-state index contributed by atoms with van der Waals surface area (Å²) in [6, 6.07) is 12.5. The van der Waals surface area contributed by atoms with E-state index in [1.54, 1.807) is 12.3 Å². The number of alkyl halides is 3. The average molecular weight is 413 g/mol. The van der Waals surface area contributed by atoms with Gasteiger partial charge >= 0.3 is 6.18 Å². The van der Waals surface area contributed by atoms with Crippen molar-refractivity contribution in [2.24, 2.45) is 0 Å². The number of halogens is 3. The Morgan fingerprint density at radius 3 is 2.30 bits per heavy atom. The SMILES string of the molecule is FC(F)(F)c1ccc(Nc2cc(-c3ccccn3)nc(NC3CCCCC3)n2)cc1. The van der Waals surface area contributed by atoms with Crippen LogP contribution in [0.3, 0.4) is 0 Å². The molecule has 30 heavy (non-hydrogen) atoms.